The third-order valence-electron chi connectivity index (χ3n) is 4.37. The predicted octanol–water partition coefficient (Wildman–Crippen LogP) is 3.54. The van der Waals surface area contributed by atoms with Gasteiger partial charge in [0.2, 0.25) is 5.91 Å². The fourth-order valence-corrected chi connectivity index (χ4v) is 3.14. The monoisotopic (exact) mass is 339 g/mol. The Kier molecular flexibility index (Phi) is 5.16. The lowest BCUT2D eigenvalue weighted by atomic mass is 10.2. The van der Waals surface area contributed by atoms with Crippen LogP contribution in [0.4, 0.5) is 5.69 Å². The Balaban J connectivity index is 1.67. The first-order chi connectivity index (χ1) is 12.1. The lowest BCUT2D eigenvalue weighted by Crippen LogP contribution is -2.15. The quantitative estimate of drug-likeness (QED) is 0.716. The Labute approximate surface area is 147 Å². The standard InChI is InChI=1S/C19H25N5O/c1-4-10-24-14(3)21-16-13-15(6-7-17(16)24)22-19(25)8-11-23-12-9-20-18(23)5-2/h6-7,9,12-13H,4-5,8,10-11H2,1-3H3,(H,22,25). The molecule has 0 unspecified atom stereocenters. The van der Waals surface area contributed by atoms with E-state index >= 15 is 0 Å². The molecule has 0 aliphatic carbocycles. The average Bonchev–Trinajstić information content (AvgIpc) is 3.17. The number of imidazole rings is 2. The Morgan fingerprint density at radius 2 is 2.08 bits per heavy atom. The van der Waals surface area contributed by atoms with Gasteiger partial charge in [0.1, 0.15) is 11.6 Å². The zero-order valence-corrected chi connectivity index (χ0v) is 15.1. The first-order valence-electron chi connectivity index (χ1n) is 8.89. The molecule has 1 N–H and O–H groups in total. The number of rotatable bonds is 7. The first kappa shape index (κ1) is 17.2. The van der Waals surface area contributed by atoms with E-state index in [1.54, 1.807) is 6.20 Å². The van der Waals surface area contributed by atoms with Crippen molar-refractivity contribution in [3.8, 4) is 0 Å². The topological polar surface area (TPSA) is 64.7 Å². The maximum absolute atomic E-state index is 12.2. The Bertz CT molecular complexity index is 877. The van der Waals surface area contributed by atoms with E-state index in [2.05, 4.69) is 33.7 Å². The van der Waals surface area contributed by atoms with Gasteiger partial charge in [0.25, 0.3) is 0 Å². The van der Waals surface area contributed by atoms with Crippen LogP contribution in [0.3, 0.4) is 0 Å². The molecule has 6 nitrogen and oxygen atoms in total. The van der Waals surface area contributed by atoms with Gasteiger partial charge in [0.05, 0.1) is 11.0 Å². The number of carbonyl (C=O) groups is 1. The zero-order chi connectivity index (χ0) is 17.8. The van der Waals surface area contributed by atoms with Crippen LogP contribution in [0.25, 0.3) is 11.0 Å². The van der Waals surface area contributed by atoms with Crippen molar-refractivity contribution in [1.29, 1.82) is 0 Å². The van der Waals surface area contributed by atoms with E-state index in [0.717, 1.165) is 47.8 Å². The summed E-state index contributed by atoms with van der Waals surface area (Å²) in [7, 11) is 0. The number of aromatic nitrogens is 4. The van der Waals surface area contributed by atoms with Gasteiger partial charge in [-0.2, -0.15) is 0 Å². The van der Waals surface area contributed by atoms with E-state index in [1.165, 1.54) is 0 Å². The first-order valence-corrected chi connectivity index (χ1v) is 8.89. The van der Waals surface area contributed by atoms with Crippen LogP contribution in [0.15, 0.2) is 30.6 Å². The molecule has 0 radical (unpaired) electrons. The van der Waals surface area contributed by atoms with Crippen molar-refractivity contribution in [2.75, 3.05) is 5.32 Å². The second-order valence-electron chi connectivity index (χ2n) is 6.20. The summed E-state index contributed by atoms with van der Waals surface area (Å²) in [4.78, 5) is 21.1. The van der Waals surface area contributed by atoms with Gasteiger partial charge in [-0.3, -0.25) is 4.79 Å². The lowest BCUT2D eigenvalue weighted by Gasteiger charge is -2.08. The number of fused-ring (bicyclic) bond motifs is 1. The van der Waals surface area contributed by atoms with E-state index in [0.29, 0.717) is 13.0 Å². The SMILES string of the molecule is CCCn1c(C)nc2cc(NC(=O)CCn3ccnc3CC)ccc21. The molecule has 0 bridgehead atoms. The molecule has 25 heavy (non-hydrogen) atoms. The summed E-state index contributed by atoms with van der Waals surface area (Å²) in [5.41, 5.74) is 2.83. The second kappa shape index (κ2) is 7.51. The second-order valence-corrected chi connectivity index (χ2v) is 6.20. The molecule has 1 amide bonds. The van der Waals surface area contributed by atoms with Crippen molar-refractivity contribution in [1.82, 2.24) is 19.1 Å². The smallest absolute Gasteiger partial charge is 0.226 e. The summed E-state index contributed by atoms with van der Waals surface area (Å²) in [6.45, 7) is 7.84. The number of amides is 1. The van der Waals surface area contributed by atoms with Crippen LogP contribution in [0.1, 0.15) is 38.3 Å². The molecule has 2 heterocycles. The predicted molar refractivity (Wildman–Crippen MR) is 99.6 cm³/mol. The molecule has 2 aromatic heterocycles. The summed E-state index contributed by atoms with van der Waals surface area (Å²) >= 11 is 0. The van der Waals surface area contributed by atoms with Crippen LogP contribution in [0.5, 0.6) is 0 Å². The minimum atomic E-state index is -0.000171. The number of anilines is 1. The molecule has 0 saturated carbocycles. The molecular formula is C19H25N5O. The van der Waals surface area contributed by atoms with E-state index in [-0.39, 0.29) is 5.91 Å². The van der Waals surface area contributed by atoms with E-state index < -0.39 is 0 Å². The van der Waals surface area contributed by atoms with Gasteiger partial charge in [0, 0.05) is 44.0 Å². The number of nitrogens with one attached hydrogen (secondary N) is 1. The van der Waals surface area contributed by atoms with E-state index in [4.69, 9.17) is 0 Å². The van der Waals surface area contributed by atoms with Crippen molar-refractivity contribution in [2.45, 2.75) is 53.1 Å². The van der Waals surface area contributed by atoms with Crippen molar-refractivity contribution < 1.29 is 4.79 Å². The number of hydrogen-bond donors (Lipinski definition) is 1. The highest BCUT2D eigenvalue weighted by Gasteiger charge is 2.09. The van der Waals surface area contributed by atoms with Gasteiger partial charge in [-0.05, 0) is 31.5 Å². The molecule has 6 heteroatoms. The fourth-order valence-electron chi connectivity index (χ4n) is 3.14. The maximum atomic E-state index is 12.2. The van der Waals surface area contributed by atoms with Gasteiger partial charge in [-0.1, -0.05) is 13.8 Å². The Morgan fingerprint density at radius 3 is 2.84 bits per heavy atom. The molecule has 0 aliphatic heterocycles. The molecule has 0 atom stereocenters. The van der Waals surface area contributed by atoms with Gasteiger partial charge in [0.15, 0.2) is 0 Å². The average molecular weight is 339 g/mol. The van der Waals surface area contributed by atoms with Crippen LogP contribution in [0.2, 0.25) is 0 Å². The third kappa shape index (κ3) is 3.73. The fraction of sp³-hybridized carbons (Fsp3) is 0.421. The third-order valence-corrected chi connectivity index (χ3v) is 4.37. The van der Waals surface area contributed by atoms with Gasteiger partial charge in [-0.15, -0.1) is 0 Å². The highest BCUT2D eigenvalue weighted by atomic mass is 16.1. The molecule has 0 saturated heterocycles. The van der Waals surface area contributed by atoms with Crippen LogP contribution in [-0.4, -0.2) is 25.0 Å². The number of hydrogen-bond acceptors (Lipinski definition) is 3. The Hall–Kier alpha value is -2.63. The summed E-state index contributed by atoms with van der Waals surface area (Å²) in [5.74, 6) is 2.01. The lowest BCUT2D eigenvalue weighted by molar-refractivity contribution is -0.116. The summed E-state index contributed by atoms with van der Waals surface area (Å²) < 4.78 is 4.24. The van der Waals surface area contributed by atoms with Crippen LogP contribution in [-0.2, 0) is 24.3 Å². The number of benzene rings is 1. The molecule has 3 rings (SSSR count). The summed E-state index contributed by atoms with van der Waals surface area (Å²) in [5, 5.41) is 2.97. The highest BCUT2D eigenvalue weighted by molar-refractivity contribution is 5.93. The van der Waals surface area contributed by atoms with Crippen LogP contribution in [0, 0.1) is 6.92 Å². The van der Waals surface area contributed by atoms with E-state index in [9.17, 15) is 4.79 Å². The van der Waals surface area contributed by atoms with Crippen molar-refractivity contribution in [3.05, 3.63) is 42.2 Å². The van der Waals surface area contributed by atoms with Crippen LogP contribution < -0.4 is 5.32 Å². The van der Waals surface area contributed by atoms with Crippen molar-refractivity contribution in [3.63, 3.8) is 0 Å². The molecular weight excluding hydrogens is 314 g/mol. The van der Waals surface area contributed by atoms with Gasteiger partial charge < -0.3 is 14.5 Å². The number of nitrogens with zero attached hydrogens (tertiary/aromatic N) is 4. The minimum absolute atomic E-state index is 0.000171. The van der Waals surface area contributed by atoms with Crippen LogP contribution >= 0.6 is 0 Å². The molecule has 0 aliphatic rings. The van der Waals surface area contributed by atoms with E-state index in [1.807, 2.05) is 35.9 Å². The summed E-state index contributed by atoms with van der Waals surface area (Å²) in [6.07, 6.45) is 6.05. The van der Waals surface area contributed by atoms with Crippen molar-refractivity contribution in [2.24, 2.45) is 0 Å². The largest absolute Gasteiger partial charge is 0.334 e. The maximum Gasteiger partial charge on any atom is 0.226 e. The Morgan fingerprint density at radius 1 is 1.24 bits per heavy atom. The van der Waals surface area contributed by atoms with Gasteiger partial charge >= 0.3 is 0 Å². The highest BCUT2D eigenvalue weighted by Crippen LogP contribution is 2.21. The van der Waals surface area contributed by atoms with Crippen molar-refractivity contribution >= 4 is 22.6 Å². The van der Waals surface area contributed by atoms with Gasteiger partial charge in [-0.25, -0.2) is 9.97 Å². The normalized spacial score (nSPS) is 11.2. The number of aryl methyl sites for hydroxylation is 4. The molecule has 3 aromatic rings. The summed E-state index contributed by atoms with van der Waals surface area (Å²) in [6, 6.07) is 5.93. The molecule has 132 valence electrons. The minimum Gasteiger partial charge on any atom is -0.334 e. The zero-order valence-electron chi connectivity index (χ0n) is 15.1. The number of carbonyl (C=O) groups excluding carboxylic acids is 1. The molecule has 1 aromatic carbocycles. The molecule has 0 fully saturated rings. The molecule has 0 spiro atoms.